The van der Waals surface area contributed by atoms with Crippen LogP contribution in [0.3, 0.4) is 0 Å². The van der Waals surface area contributed by atoms with Gasteiger partial charge in [-0.1, -0.05) is 24.3 Å². The Balaban J connectivity index is 2.20. The second-order valence-electron chi connectivity index (χ2n) is 5.86. The van der Waals surface area contributed by atoms with Crippen LogP contribution in [0, 0.1) is 5.82 Å². The van der Waals surface area contributed by atoms with Crippen molar-refractivity contribution in [3.63, 3.8) is 0 Å². The van der Waals surface area contributed by atoms with Gasteiger partial charge in [-0.2, -0.15) is 0 Å². The summed E-state index contributed by atoms with van der Waals surface area (Å²) in [5.74, 6) is 0.393. The monoisotopic (exact) mass is 330 g/mol. The summed E-state index contributed by atoms with van der Waals surface area (Å²) < 4.78 is 18.4. The smallest absolute Gasteiger partial charge is 0.234 e. The molecule has 0 fully saturated rings. The number of ether oxygens (including phenoxy) is 1. The Hall–Kier alpha value is -2.40. The van der Waals surface area contributed by atoms with Gasteiger partial charge < -0.3 is 10.1 Å². The number of carbonyl (C=O) groups is 1. The minimum absolute atomic E-state index is 0.0781. The van der Waals surface area contributed by atoms with Gasteiger partial charge in [-0.25, -0.2) is 4.39 Å². The molecule has 0 radical (unpaired) electrons. The van der Waals surface area contributed by atoms with Crippen LogP contribution in [0.2, 0.25) is 0 Å². The maximum absolute atomic E-state index is 13.2. The van der Waals surface area contributed by atoms with Crippen LogP contribution in [-0.2, 0) is 4.79 Å². The standard InChI is InChI=1S/C19H23FN2O2/c1-13(2)22-18(23)12-21-19(14-4-8-16(20)9-5-14)15-6-10-17(24-3)11-7-15/h4-11,13,19,21H,12H2,1-3H3,(H,22,23)/t19-/m0/s1. The highest BCUT2D eigenvalue weighted by molar-refractivity contribution is 5.78. The molecule has 0 bridgehead atoms. The lowest BCUT2D eigenvalue weighted by molar-refractivity contribution is -0.120. The molecule has 0 aromatic heterocycles. The first-order chi connectivity index (χ1) is 11.5. The van der Waals surface area contributed by atoms with Gasteiger partial charge >= 0.3 is 0 Å². The highest BCUT2D eigenvalue weighted by atomic mass is 19.1. The minimum atomic E-state index is -0.287. The molecule has 1 atom stereocenters. The van der Waals surface area contributed by atoms with E-state index in [9.17, 15) is 9.18 Å². The van der Waals surface area contributed by atoms with Crippen molar-refractivity contribution >= 4 is 5.91 Å². The second kappa shape index (κ2) is 8.45. The van der Waals surface area contributed by atoms with Gasteiger partial charge in [0.05, 0.1) is 19.7 Å². The first kappa shape index (κ1) is 17.9. The molecule has 2 aromatic rings. The zero-order valence-electron chi connectivity index (χ0n) is 14.2. The molecule has 0 aliphatic rings. The van der Waals surface area contributed by atoms with E-state index in [-0.39, 0.29) is 30.4 Å². The van der Waals surface area contributed by atoms with E-state index in [1.807, 2.05) is 38.1 Å². The summed E-state index contributed by atoms with van der Waals surface area (Å²) in [4.78, 5) is 11.9. The molecule has 0 unspecified atom stereocenters. The summed E-state index contributed by atoms with van der Waals surface area (Å²) >= 11 is 0. The van der Waals surface area contributed by atoms with Crippen molar-refractivity contribution in [2.45, 2.75) is 25.9 Å². The molecule has 0 aliphatic carbocycles. The number of carbonyl (C=O) groups excluding carboxylic acids is 1. The van der Waals surface area contributed by atoms with Crippen molar-refractivity contribution < 1.29 is 13.9 Å². The van der Waals surface area contributed by atoms with Gasteiger partial charge in [-0.05, 0) is 49.2 Å². The average Bonchev–Trinajstić information content (AvgIpc) is 2.56. The Morgan fingerprint density at radius 3 is 2.08 bits per heavy atom. The lowest BCUT2D eigenvalue weighted by Gasteiger charge is -2.20. The number of benzene rings is 2. The van der Waals surface area contributed by atoms with Crippen molar-refractivity contribution in [2.24, 2.45) is 0 Å². The maximum atomic E-state index is 13.2. The number of halogens is 1. The van der Waals surface area contributed by atoms with Gasteiger partial charge in [-0.15, -0.1) is 0 Å². The molecule has 2 rings (SSSR count). The maximum Gasteiger partial charge on any atom is 0.234 e. The zero-order chi connectivity index (χ0) is 17.5. The molecular formula is C19H23FN2O2. The average molecular weight is 330 g/mol. The summed E-state index contributed by atoms with van der Waals surface area (Å²) in [6.07, 6.45) is 0. The first-order valence-electron chi connectivity index (χ1n) is 7.91. The Morgan fingerprint density at radius 2 is 1.58 bits per heavy atom. The number of methoxy groups -OCH3 is 1. The highest BCUT2D eigenvalue weighted by Crippen LogP contribution is 2.24. The molecule has 4 nitrogen and oxygen atoms in total. The third-order valence-corrected chi connectivity index (χ3v) is 3.57. The van der Waals surface area contributed by atoms with Crippen LogP contribution in [0.1, 0.15) is 31.0 Å². The molecule has 0 heterocycles. The van der Waals surface area contributed by atoms with Crippen molar-refractivity contribution in [3.05, 3.63) is 65.5 Å². The highest BCUT2D eigenvalue weighted by Gasteiger charge is 2.16. The van der Waals surface area contributed by atoms with E-state index < -0.39 is 0 Å². The summed E-state index contributed by atoms with van der Waals surface area (Å²) in [5, 5.41) is 6.09. The van der Waals surface area contributed by atoms with Crippen molar-refractivity contribution in [1.29, 1.82) is 0 Å². The van der Waals surface area contributed by atoms with Gasteiger partial charge in [0, 0.05) is 6.04 Å². The van der Waals surface area contributed by atoms with Gasteiger partial charge in [0.1, 0.15) is 11.6 Å². The fourth-order valence-electron chi connectivity index (χ4n) is 2.45. The van der Waals surface area contributed by atoms with E-state index in [1.165, 1.54) is 12.1 Å². The molecular weight excluding hydrogens is 307 g/mol. The molecule has 24 heavy (non-hydrogen) atoms. The van der Waals surface area contributed by atoms with E-state index in [1.54, 1.807) is 19.2 Å². The van der Waals surface area contributed by atoms with Crippen molar-refractivity contribution in [1.82, 2.24) is 10.6 Å². The zero-order valence-corrected chi connectivity index (χ0v) is 14.2. The van der Waals surface area contributed by atoms with Crippen LogP contribution in [0.5, 0.6) is 5.75 Å². The van der Waals surface area contributed by atoms with Crippen LogP contribution < -0.4 is 15.4 Å². The largest absolute Gasteiger partial charge is 0.497 e. The number of hydrogen-bond donors (Lipinski definition) is 2. The van der Waals surface area contributed by atoms with Gasteiger partial charge in [0.2, 0.25) is 5.91 Å². The van der Waals surface area contributed by atoms with Crippen LogP contribution in [0.4, 0.5) is 4.39 Å². The van der Waals surface area contributed by atoms with Crippen LogP contribution in [-0.4, -0.2) is 25.6 Å². The minimum Gasteiger partial charge on any atom is -0.497 e. The number of nitrogens with one attached hydrogen (secondary N) is 2. The Morgan fingerprint density at radius 1 is 1.04 bits per heavy atom. The molecule has 2 N–H and O–H groups in total. The second-order valence-corrected chi connectivity index (χ2v) is 5.86. The molecule has 0 saturated heterocycles. The van der Waals surface area contributed by atoms with Gasteiger partial charge in [0.15, 0.2) is 0 Å². The Labute approximate surface area is 142 Å². The molecule has 5 heteroatoms. The quantitative estimate of drug-likeness (QED) is 0.820. The Kier molecular flexibility index (Phi) is 6.32. The van der Waals surface area contributed by atoms with Crippen molar-refractivity contribution in [2.75, 3.05) is 13.7 Å². The van der Waals surface area contributed by atoms with E-state index in [2.05, 4.69) is 10.6 Å². The van der Waals surface area contributed by atoms with Gasteiger partial charge in [-0.3, -0.25) is 10.1 Å². The molecule has 128 valence electrons. The third-order valence-electron chi connectivity index (χ3n) is 3.57. The number of hydrogen-bond acceptors (Lipinski definition) is 3. The van der Waals surface area contributed by atoms with Gasteiger partial charge in [0.25, 0.3) is 0 Å². The SMILES string of the molecule is COc1ccc([C@@H](NCC(=O)NC(C)C)c2ccc(F)cc2)cc1. The molecule has 0 spiro atoms. The summed E-state index contributed by atoms with van der Waals surface area (Å²) in [5.41, 5.74) is 1.86. The fraction of sp³-hybridized carbons (Fsp3) is 0.316. The van der Waals surface area contributed by atoms with E-state index in [0.29, 0.717) is 0 Å². The summed E-state index contributed by atoms with van der Waals surface area (Å²) in [6, 6.07) is 13.7. The van der Waals surface area contributed by atoms with Crippen molar-refractivity contribution in [3.8, 4) is 5.75 Å². The fourth-order valence-corrected chi connectivity index (χ4v) is 2.45. The Bertz CT molecular complexity index is 654. The molecule has 0 saturated carbocycles. The number of rotatable bonds is 7. The molecule has 2 aromatic carbocycles. The third kappa shape index (κ3) is 5.06. The summed E-state index contributed by atoms with van der Waals surface area (Å²) in [7, 11) is 1.61. The van der Waals surface area contributed by atoms with Crippen LogP contribution in [0.15, 0.2) is 48.5 Å². The first-order valence-corrected chi connectivity index (χ1v) is 7.91. The summed E-state index contributed by atoms with van der Waals surface area (Å²) in [6.45, 7) is 4.00. The van der Waals surface area contributed by atoms with E-state index in [0.717, 1.165) is 16.9 Å². The van der Waals surface area contributed by atoms with Crippen LogP contribution in [0.25, 0.3) is 0 Å². The van der Waals surface area contributed by atoms with E-state index in [4.69, 9.17) is 4.74 Å². The predicted octanol–water partition coefficient (Wildman–Crippen LogP) is 3.04. The number of amides is 1. The molecule has 0 aliphatic heterocycles. The normalized spacial score (nSPS) is 12.0. The lowest BCUT2D eigenvalue weighted by atomic mass is 9.98. The molecule has 1 amide bonds. The lowest BCUT2D eigenvalue weighted by Crippen LogP contribution is -2.39. The predicted molar refractivity (Wildman–Crippen MR) is 92.5 cm³/mol. The van der Waals surface area contributed by atoms with E-state index >= 15 is 0 Å². The van der Waals surface area contributed by atoms with Crippen LogP contribution >= 0.6 is 0 Å². The topological polar surface area (TPSA) is 50.4 Å².